The molecule has 0 atom stereocenters. The normalized spacial score (nSPS) is 14.8. The van der Waals surface area contributed by atoms with Gasteiger partial charge in [-0.3, -0.25) is 0 Å². The lowest BCUT2D eigenvalue weighted by Crippen LogP contribution is -2.43. The lowest BCUT2D eigenvalue weighted by atomic mass is 9.96. The third-order valence-corrected chi connectivity index (χ3v) is 4.23. The summed E-state index contributed by atoms with van der Waals surface area (Å²) in [5, 5.41) is 0. The maximum absolute atomic E-state index is 6.23. The number of hydrogen-bond donors (Lipinski definition) is 1. The zero-order valence-corrected chi connectivity index (χ0v) is 11.7. The van der Waals surface area contributed by atoms with Crippen LogP contribution in [-0.4, -0.2) is 12.1 Å². The maximum Gasteiger partial charge on any atom is 0.0717 e. The van der Waals surface area contributed by atoms with Crippen molar-refractivity contribution in [2.24, 2.45) is 5.73 Å². The van der Waals surface area contributed by atoms with Crippen LogP contribution in [0.4, 0.5) is 0 Å². The number of ether oxygens (including phenoxy) is 1. The summed E-state index contributed by atoms with van der Waals surface area (Å²) in [6.45, 7) is 5.59. The van der Waals surface area contributed by atoms with E-state index >= 15 is 0 Å². The minimum Gasteiger partial charge on any atom is -0.375 e. The second-order valence-corrected chi connectivity index (χ2v) is 5.52. The molecule has 0 aliphatic heterocycles. The first-order valence-corrected chi connectivity index (χ1v) is 7.14. The molecule has 2 rings (SSSR count). The number of nitrogens with two attached hydrogens (primary N) is 1. The molecule has 1 aliphatic carbocycles. The van der Waals surface area contributed by atoms with Crippen molar-refractivity contribution in [1.82, 2.24) is 0 Å². The van der Waals surface area contributed by atoms with Gasteiger partial charge in [0, 0.05) is 5.54 Å². The zero-order chi connectivity index (χ0) is 13.0. The molecule has 0 bridgehead atoms. The largest absolute Gasteiger partial charge is 0.375 e. The van der Waals surface area contributed by atoms with Crippen molar-refractivity contribution in [3.63, 3.8) is 0 Å². The molecule has 1 aromatic rings. The molecule has 0 fully saturated rings. The lowest BCUT2D eigenvalue weighted by molar-refractivity contribution is 0.0696. The third kappa shape index (κ3) is 3.12. The molecule has 1 aromatic carbocycles. The molecule has 0 heterocycles. The van der Waals surface area contributed by atoms with E-state index in [-0.39, 0.29) is 5.54 Å². The van der Waals surface area contributed by atoms with Gasteiger partial charge >= 0.3 is 0 Å². The number of hydrogen-bond acceptors (Lipinski definition) is 2. The Morgan fingerprint density at radius 2 is 1.89 bits per heavy atom. The van der Waals surface area contributed by atoms with Crippen LogP contribution in [0, 0.1) is 0 Å². The number of rotatable bonds is 6. The molecule has 2 N–H and O–H groups in total. The van der Waals surface area contributed by atoms with Crippen LogP contribution >= 0.6 is 0 Å². The monoisotopic (exact) mass is 247 g/mol. The lowest BCUT2D eigenvalue weighted by Gasteiger charge is -2.26. The van der Waals surface area contributed by atoms with E-state index in [9.17, 15) is 0 Å². The van der Waals surface area contributed by atoms with Gasteiger partial charge in [0.25, 0.3) is 0 Å². The SMILES string of the molecule is CCC(N)(CC)COCc1ccc2c(c1)CCC2. The van der Waals surface area contributed by atoms with Gasteiger partial charge in [0.15, 0.2) is 0 Å². The highest BCUT2D eigenvalue weighted by Crippen LogP contribution is 2.23. The summed E-state index contributed by atoms with van der Waals surface area (Å²) < 4.78 is 5.80. The Morgan fingerprint density at radius 1 is 1.17 bits per heavy atom. The van der Waals surface area contributed by atoms with Gasteiger partial charge in [0.05, 0.1) is 13.2 Å². The fourth-order valence-electron chi connectivity index (χ4n) is 2.54. The molecule has 2 nitrogen and oxygen atoms in total. The van der Waals surface area contributed by atoms with Crippen molar-refractivity contribution in [3.8, 4) is 0 Å². The molecule has 18 heavy (non-hydrogen) atoms. The highest BCUT2D eigenvalue weighted by atomic mass is 16.5. The van der Waals surface area contributed by atoms with Crippen LogP contribution in [0.15, 0.2) is 18.2 Å². The second kappa shape index (κ2) is 5.85. The Hall–Kier alpha value is -0.860. The maximum atomic E-state index is 6.23. The molecule has 1 aliphatic rings. The molecule has 2 heteroatoms. The van der Waals surface area contributed by atoms with Crippen molar-refractivity contribution in [3.05, 3.63) is 34.9 Å². The van der Waals surface area contributed by atoms with Crippen LogP contribution < -0.4 is 5.73 Å². The van der Waals surface area contributed by atoms with Crippen LogP contribution in [0.1, 0.15) is 49.8 Å². The summed E-state index contributed by atoms with van der Waals surface area (Å²) in [5.41, 5.74) is 10.4. The van der Waals surface area contributed by atoms with Gasteiger partial charge in [-0.15, -0.1) is 0 Å². The minimum absolute atomic E-state index is 0.156. The Morgan fingerprint density at radius 3 is 2.61 bits per heavy atom. The summed E-state index contributed by atoms with van der Waals surface area (Å²) in [4.78, 5) is 0. The fraction of sp³-hybridized carbons (Fsp3) is 0.625. The molecular weight excluding hydrogens is 222 g/mol. The number of fused-ring (bicyclic) bond motifs is 1. The molecule has 0 saturated carbocycles. The van der Waals surface area contributed by atoms with E-state index in [1.165, 1.54) is 36.0 Å². The molecule has 0 aromatic heterocycles. The predicted octanol–water partition coefficient (Wildman–Crippen LogP) is 3.21. The Kier molecular flexibility index (Phi) is 4.41. The summed E-state index contributed by atoms with van der Waals surface area (Å²) in [5.74, 6) is 0. The zero-order valence-electron chi connectivity index (χ0n) is 11.7. The number of aryl methyl sites for hydroxylation is 2. The first kappa shape index (κ1) is 13.6. The second-order valence-electron chi connectivity index (χ2n) is 5.52. The van der Waals surface area contributed by atoms with E-state index in [0.717, 1.165) is 12.8 Å². The summed E-state index contributed by atoms with van der Waals surface area (Å²) in [7, 11) is 0. The van der Waals surface area contributed by atoms with Gasteiger partial charge in [0.1, 0.15) is 0 Å². The van der Waals surface area contributed by atoms with Crippen LogP contribution in [0.25, 0.3) is 0 Å². The Labute approximate surface area is 111 Å². The molecule has 100 valence electrons. The van der Waals surface area contributed by atoms with Crippen molar-refractivity contribution in [2.75, 3.05) is 6.61 Å². The average molecular weight is 247 g/mol. The number of benzene rings is 1. The van der Waals surface area contributed by atoms with Crippen LogP contribution in [0.5, 0.6) is 0 Å². The van der Waals surface area contributed by atoms with Gasteiger partial charge < -0.3 is 10.5 Å². The van der Waals surface area contributed by atoms with Crippen molar-refractivity contribution < 1.29 is 4.74 Å². The van der Waals surface area contributed by atoms with E-state index in [1.54, 1.807) is 0 Å². The van der Waals surface area contributed by atoms with Crippen molar-refractivity contribution in [1.29, 1.82) is 0 Å². The van der Waals surface area contributed by atoms with Gasteiger partial charge in [-0.1, -0.05) is 32.0 Å². The Balaban J connectivity index is 1.87. The minimum atomic E-state index is -0.156. The first-order chi connectivity index (χ1) is 8.67. The highest BCUT2D eigenvalue weighted by molar-refractivity contribution is 5.34. The van der Waals surface area contributed by atoms with Gasteiger partial charge in [0.2, 0.25) is 0 Å². The van der Waals surface area contributed by atoms with Crippen LogP contribution in [0.3, 0.4) is 0 Å². The molecular formula is C16H25NO. The van der Waals surface area contributed by atoms with Crippen molar-refractivity contribution in [2.45, 2.75) is 58.1 Å². The van der Waals surface area contributed by atoms with Gasteiger partial charge in [-0.2, -0.15) is 0 Å². The smallest absolute Gasteiger partial charge is 0.0717 e. The van der Waals surface area contributed by atoms with Crippen LogP contribution in [0.2, 0.25) is 0 Å². The quantitative estimate of drug-likeness (QED) is 0.837. The molecule has 0 radical (unpaired) electrons. The Bertz CT molecular complexity index is 396. The third-order valence-electron chi connectivity index (χ3n) is 4.23. The van der Waals surface area contributed by atoms with E-state index in [2.05, 4.69) is 32.0 Å². The molecule has 0 unspecified atom stereocenters. The highest BCUT2D eigenvalue weighted by Gasteiger charge is 2.20. The van der Waals surface area contributed by atoms with Gasteiger partial charge in [-0.25, -0.2) is 0 Å². The topological polar surface area (TPSA) is 35.2 Å². The van der Waals surface area contributed by atoms with Gasteiger partial charge in [-0.05, 0) is 48.8 Å². The van der Waals surface area contributed by atoms with Crippen molar-refractivity contribution >= 4 is 0 Å². The van der Waals surface area contributed by atoms with E-state index in [0.29, 0.717) is 13.2 Å². The standard InChI is InChI=1S/C16H25NO/c1-3-16(17,4-2)12-18-11-13-8-9-14-6-5-7-15(14)10-13/h8-10H,3-7,11-12,17H2,1-2H3. The summed E-state index contributed by atoms with van der Waals surface area (Å²) >= 11 is 0. The fourth-order valence-corrected chi connectivity index (χ4v) is 2.54. The average Bonchev–Trinajstić information content (AvgIpc) is 2.86. The first-order valence-electron chi connectivity index (χ1n) is 7.14. The molecule has 0 saturated heterocycles. The van der Waals surface area contributed by atoms with Crippen LogP contribution in [-0.2, 0) is 24.2 Å². The molecule has 0 spiro atoms. The van der Waals surface area contributed by atoms with E-state index < -0.39 is 0 Å². The van der Waals surface area contributed by atoms with E-state index in [1.807, 2.05) is 0 Å². The van der Waals surface area contributed by atoms with E-state index in [4.69, 9.17) is 10.5 Å². The summed E-state index contributed by atoms with van der Waals surface area (Å²) in [6, 6.07) is 6.76. The molecule has 0 amide bonds. The predicted molar refractivity (Wildman–Crippen MR) is 75.6 cm³/mol. The summed E-state index contributed by atoms with van der Waals surface area (Å²) in [6.07, 6.45) is 5.71.